The molecule has 0 atom stereocenters. The van der Waals surface area contributed by atoms with Crippen LogP contribution in [0.15, 0.2) is 12.1 Å². The van der Waals surface area contributed by atoms with E-state index in [1.54, 1.807) is 17.7 Å². The van der Waals surface area contributed by atoms with Gasteiger partial charge in [-0.15, -0.1) is 0 Å². The van der Waals surface area contributed by atoms with Gasteiger partial charge in [-0.2, -0.15) is 4.98 Å². The molecule has 2 aromatic heterocycles. The Morgan fingerprint density at radius 3 is 3.11 bits per heavy atom. The topological polar surface area (TPSA) is 71.9 Å². The van der Waals surface area contributed by atoms with Crippen molar-refractivity contribution in [1.82, 2.24) is 19.9 Å². The lowest BCUT2D eigenvalue weighted by molar-refractivity contribution is -0.121. The lowest BCUT2D eigenvalue weighted by Crippen LogP contribution is -2.29. The fourth-order valence-electron chi connectivity index (χ4n) is 1.92. The Morgan fingerprint density at radius 1 is 1.63 bits per heavy atom. The first kappa shape index (κ1) is 12.2. The summed E-state index contributed by atoms with van der Waals surface area (Å²) >= 11 is 5.23. The molecule has 7 heteroatoms. The molecule has 0 saturated heterocycles. The average Bonchev–Trinajstić information content (AvgIpc) is 3.15. The van der Waals surface area contributed by atoms with Crippen LogP contribution in [0.25, 0.3) is 11.2 Å². The molecule has 1 aliphatic carbocycles. The number of hydrogen-bond donors (Lipinski definition) is 2. The van der Waals surface area contributed by atoms with Gasteiger partial charge in [-0.25, -0.2) is 0 Å². The predicted octanol–water partition coefficient (Wildman–Crippen LogP) is 1.38. The maximum atomic E-state index is 11.9. The van der Waals surface area contributed by atoms with Gasteiger partial charge in [-0.1, -0.05) is 0 Å². The summed E-state index contributed by atoms with van der Waals surface area (Å²) in [5.74, 6) is 0.460. The van der Waals surface area contributed by atoms with E-state index >= 15 is 0 Å². The number of rotatable bonds is 4. The van der Waals surface area contributed by atoms with E-state index in [2.05, 4.69) is 15.3 Å². The number of hydrogen-bond acceptors (Lipinski definition) is 4. The molecule has 0 aliphatic heterocycles. The van der Waals surface area contributed by atoms with Gasteiger partial charge in [-0.3, -0.25) is 9.36 Å². The maximum Gasteiger partial charge on any atom is 0.240 e. The van der Waals surface area contributed by atoms with E-state index in [0.717, 1.165) is 18.4 Å². The van der Waals surface area contributed by atoms with Crippen molar-refractivity contribution in [3.63, 3.8) is 0 Å². The molecule has 19 heavy (non-hydrogen) atoms. The molecule has 1 aliphatic rings. The van der Waals surface area contributed by atoms with Crippen molar-refractivity contribution in [2.45, 2.75) is 25.4 Å². The molecule has 6 nitrogen and oxygen atoms in total. The predicted molar refractivity (Wildman–Crippen MR) is 72.6 cm³/mol. The number of imidazole rings is 1. The van der Waals surface area contributed by atoms with E-state index in [4.69, 9.17) is 17.0 Å². The van der Waals surface area contributed by atoms with E-state index in [9.17, 15) is 4.79 Å². The van der Waals surface area contributed by atoms with Crippen LogP contribution < -0.4 is 10.1 Å². The number of nitrogens with zero attached hydrogens (tertiary/aromatic N) is 2. The summed E-state index contributed by atoms with van der Waals surface area (Å²) in [4.78, 5) is 19.2. The standard InChI is InChI=1S/C12H14N4O2S/c1-18-10-5-4-8-11(15-10)16(12(19)14-8)6-9(17)13-7-2-3-7/h4-5,7H,2-3,6H2,1H3,(H,13,17)(H,14,19). The molecule has 100 valence electrons. The van der Waals surface area contributed by atoms with Crippen molar-refractivity contribution < 1.29 is 9.53 Å². The third-order valence-electron chi connectivity index (χ3n) is 3.05. The van der Waals surface area contributed by atoms with Crippen LogP contribution in [-0.4, -0.2) is 33.6 Å². The zero-order valence-electron chi connectivity index (χ0n) is 10.5. The number of pyridine rings is 1. The zero-order valence-corrected chi connectivity index (χ0v) is 11.3. The Labute approximate surface area is 114 Å². The van der Waals surface area contributed by atoms with Crippen molar-refractivity contribution in [2.24, 2.45) is 0 Å². The summed E-state index contributed by atoms with van der Waals surface area (Å²) in [6, 6.07) is 3.93. The number of carbonyl (C=O) groups excluding carboxylic acids is 1. The van der Waals surface area contributed by atoms with Crippen molar-refractivity contribution in [2.75, 3.05) is 7.11 Å². The van der Waals surface area contributed by atoms with Gasteiger partial charge in [0, 0.05) is 12.1 Å². The Bertz CT molecular complexity index is 687. The molecule has 2 heterocycles. The van der Waals surface area contributed by atoms with Crippen LogP contribution in [0.1, 0.15) is 12.8 Å². The number of aromatic nitrogens is 3. The van der Waals surface area contributed by atoms with Crippen LogP contribution in [0, 0.1) is 4.77 Å². The summed E-state index contributed by atoms with van der Waals surface area (Å²) in [5.41, 5.74) is 1.43. The Kier molecular flexibility index (Phi) is 2.98. The molecule has 1 amide bonds. The summed E-state index contributed by atoms with van der Waals surface area (Å²) in [6.07, 6.45) is 2.13. The van der Waals surface area contributed by atoms with Crippen LogP contribution in [0.3, 0.4) is 0 Å². The van der Waals surface area contributed by atoms with Crippen LogP contribution in [0.5, 0.6) is 5.88 Å². The van der Waals surface area contributed by atoms with Gasteiger partial charge >= 0.3 is 0 Å². The smallest absolute Gasteiger partial charge is 0.240 e. The van der Waals surface area contributed by atoms with Gasteiger partial charge in [0.25, 0.3) is 0 Å². The van der Waals surface area contributed by atoms with Gasteiger partial charge in [0.1, 0.15) is 6.54 Å². The lowest BCUT2D eigenvalue weighted by Gasteiger charge is -2.05. The number of amides is 1. The molecule has 0 radical (unpaired) electrons. The molecular formula is C12H14N4O2S. The number of nitrogens with one attached hydrogen (secondary N) is 2. The molecule has 3 rings (SSSR count). The average molecular weight is 278 g/mol. The van der Waals surface area contributed by atoms with E-state index in [0.29, 0.717) is 22.3 Å². The molecule has 0 unspecified atom stereocenters. The van der Waals surface area contributed by atoms with Crippen LogP contribution in [0.4, 0.5) is 0 Å². The molecule has 0 spiro atoms. The number of fused-ring (bicyclic) bond motifs is 1. The quantitative estimate of drug-likeness (QED) is 0.829. The highest BCUT2D eigenvalue weighted by molar-refractivity contribution is 7.71. The van der Waals surface area contributed by atoms with Crippen LogP contribution in [-0.2, 0) is 11.3 Å². The van der Waals surface area contributed by atoms with Gasteiger partial charge in [0.2, 0.25) is 11.8 Å². The van der Waals surface area contributed by atoms with Crippen LogP contribution >= 0.6 is 12.2 Å². The highest BCUT2D eigenvalue weighted by Gasteiger charge is 2.23. The minimum Gasteiger partial charge on any atom is -0.481 e. The number of H-pyrrole nitrogens is 1. The molecule has 2 aromatic rings. The van der Waals surface area contributed by atoms with Gasteiger partial charge in [0.15, 0.2) is 10.4 Å². The largest absolute Gasteiger partial charge is 0.481 e. The molecule has 0 aromatic carbocycles. The second kappa shape index (κ2) is 4.65. The third-order valence-corrected chi connectivity index (χ3v) is 3.37. The van der Waals surface area contributed by atoms with Gasteiger partial charge in [0.05, 0.1) is 12.6 Å². The van der Waals surface area contributed by atoms with Crippen LogP contribution in [0.2, 0.25) is 0 Å². The number of ether oxygens (including phenoxy) is 1. The summed E-state index contributed by atoms with van der Waals surface area (Å²) in [7, 11) is 1.56. The van der Waals surface area contributed by atoms with Crippen molar-refractivity contribution in [3.05, 3.63) is 16.9 Å². The molecule has 0 bridgehead atoms. The normalized spacial score (nSPS) is 14.6. The fourth-order valence-corrected chi connectivity index (χ4v) is 2.18. The Morgan fingerprint density at radius 2 is 2.42 bits per heavy atom. The molecule has 1 fully saturated rings. The Balaban J connectivity index is 1.93. The van der Waals surface area contributed by atoms with E-state index in [1.807, 2.05) is 6.07 Å². The lowest BCUT2D eigenvalue weighted by atomic mass is 10.4. The number of carbonyl (C=O) groups is 1. The van der Waals surface area contributed by atoms with Gasteiger partial charge < -0.3 is 15.0 Å². The first-order valence-corrected chi connectivity index (χ1v) is 6.51. The summed E-state index contributed by atoms with van der Waals surface area (Å²) in [5, 5.41) is 2.93. The van der Waals surface area contributed by atoms with E-state index in [1.165, 1.54) is 0 Å². The van der Waals surface area contributed by atoms with E-state index < -0.39 is 0 Å². The summed E-state index contributed by atoms with van der Waals surface area (Å²) in [6.45, 7) is 0.176. The van der Waals surface area contributed by atoms with E-state index in [-0.39, 0.29) is 12.5 Å². The second-order valence-electron chi connectivity index (χ2n) is 4.58. The third kappa shape index (κ3) is 2.46. The number of aromatic amines is 1. The second-order valence-corrected chi connectivity index (χ2v) is 4.97. The summed E-state index contributed by atoms with van der Waals surface area (Å²) < 4.78 is 7.27. The fraction of sp³-hybridized carbons (Fsp3) is 0.417. The Hall–Kier alpha value is -1.89. The minimum absolute atomic E-state index is 0.0379. The molecule has 1 saturated carbocycles. The first-order valence-electron chi connectivity index (χ1n) is 6.10. The zero-order chi connectivity index (χ0) is 13.4. The van der Waals surface area contributed by atoms with Gasteiger partial charge in [-0.05, 0) is 31.1 Å². The van der Waals surface area contributed by atoms with Crippen molar-refractivity contribution in [3.8, 4) is 5.88 Å². The first-order chi connectivity index (χ1) is 9.17. The molecule has 2 N–H and O–H groups in total. The minimum atomic E-state index is -0.0379. The highest BCUT2D eigenvalue weighted by atomic mass is 32.1. The van der Waals surface area contributed by atoms with Crippen molar-refractivity contribution >= 4 is 29.3 Å². The SMILES string of the molecule is COc1ccc2[nH]c(=S)n(CC(=O)NC3CC3)c2n1. The number of methoxy groups -OCH3 is 1. The maximum absolute atomic E-state index is 11.9. The monoisotopic (exact) mass is 278 g/mol. The highest BCUT2D eigenvalue weighted by Crippen LogP contribution is 2.19. The molecular weight excluding hydrogens is 264 g/mol. The van der Waals surface area contributed by atoms with Crippen molar-refractivity contribution in [1.29, 1.82) is 0 Å².